The van der Waals surface area contributed by atoms with Crippen LogP contribution in [0.5, 0.6) is 0 Å². The van der Waals surface area contributed by atoms with Crippen molar-refractivity contribution in [2.75, 3.05) is 13.7 Å². The van der Waals surface area contributed by atoms with Crippen LogP contribution in [0.3, 0.4) is 0 Å². The Kier molecular flexibility index (Phi) is 7.34. The maximum absolute atomic E-state index is 6.08. The quantitative estimate of drug-likeness (QED) is 0.696. The molecule has 0 spiro atoms. The third-order valence-corrected chi connectivity index (χ3v) is 3.80. The summed E-state index contributed by atoms with van der Waals surface area (Å²) in [6.45, 7) is 14.3. The van der Waals surface area contributed by atoms with Gasteiger partial charge in [0.15, 0.2) is 0 Å². The Morgan fingerprint density at radius 2 is 1.59 bits per heavy atom. The fraction of sp³-hybridized carbons (Fsp3) is 1.00. The molecule has 0 aliphatic carbocycles. The van der Waals surface area contributed by atoms with E-state index in [1.807, 2.05) is 0 Å². The van der Waals surface area contributed by atoms with Gasteiger partial charge in [0.2, 0.25) is 0 Å². The topological polar surface area (TPSA) is 21.3 Å². The Hall–Kier alpha value is -0.0800. The molecule has 0 radical (unpaired) electrons. The first kappa shape index (κ1) is 16.9. The first-order valence-corrected chi connectivity index (χ1v) is 7.16. The normalized spacial score (nSPS) is 15.0. The molecule has 0 bridgehead atoms. The third kappa shape index (κ3) is 5.39. The van der Waals surface area contributed by atoms with E-state index in [2.05, 4.69) is 53.9 Å². The van der Waals surface area contributed by atoms with Crippen LogP contribution in [0.25, 0.3) is 0 Å². The maximum atomic E-state index is 6.08. The number of likely N-dealkylation sites (N-methyl/N-ethyl adjacent to an activating group) is 1. The zero-order valence-corrected chi connectivity index (χ0v) is 13.0. The molecule has 17 heavy (non-hydrogen) atoms. The second kappa shape index (κ2) is 7.38. The predicted molar refractivity (Wildman–Crippen MR) is 76.5 cm³/mol. The van der Waals surface area contributed by atoms with Crippen LogP contribution in [0, 0.1) is 5.41 Å². The van der Waals surface area contributed by atoms with Gasteiger partial charge in [-0.2, -0.15) is 0 Å². The van der Waals surface area contributed by atoms with Crippen molar-refractivity contribution in [2.24, 2.45) is 5.41 Å². The summed E-state index contributed by atoms with van der Waals surface area (Å²) in [5.74, 6) is 0. The van der Waals surface area contributed by atoms with Crippen LogP contribution in [0.4, 0.5) is 0 Å². The molecule has 1 unspecified atom stereocenters. The summed E-state index contributed by atoms with van der Waals surface area (Å²) in [5.41, 5.74) is 0.406. The average molecular weight is 243 g/mol. The van der Waals surface area contributed by atoms with Gasteiger partial charge in [-0.05, 0) is 45.1 Å². The highest BCUT2D eigenvalue weighted by Crippen LogP contribution is 2.31. The van der Waals surface area contributed by atoms with Crippen molar-refractivity contribution in [2.45, 2.75) is 78.9 Å². The van der Waals surface area contributed by atoms with Gasteiger partial charge in [0, 0.05) is 12.6 Å². The van der Waals surface area contributed by atoms with Gasteiger partial charge in [-0.15, -0.1) is 0 Å². The first-order valence-electron chi connectivity index (χ1n) is 7.16. The van der Waals surface area contributed by atoms with Gasteiger partial charge >= 0.3 is 0 Å². The lowest BCUT2D eigenvalue weighted by Crippen LogP contribution is -2.51. The van der Waals surface area contributed by atoms with Gasteiger partial charge in [-0.25, -0.2) is 0 Å². The van der Waals surface area contributed by atoms with Gasteiger partial charge in [-0.1, -0.05) is 34.6 Å². The lowest BCUT2D eigenvalue weighted by molar-refractivity contribution is -0.0738. The van der Waals surface area contributed by atoms with E-state index in [1.54, 1.807) is 0 Å². The highest BCUT2D eigenvalue weighted by molar-refractivity contribution is 4.91. The maximum Gasteiger partial charge on any atom is 0.0829 e. The van der Waals surface area contributed by atoms with Gasteiger partial charge < -0.3 is 10.1 Å². The molecule has 1 atom stereocenters. The zero-order valence-electron chi connectivity index (χ0n) is 13.0. The molecule has 0 rings (SSSR count). The first-order chi connectivity index (χ1) is 7.85. The van der Waals surface area contributed by atoms with E-state index in [-0.39, 0.29) is 5.60 Å². The van der Waals surface area contributed by atoms with E-state index in [9.17, 15) is 0 Å². The number of nitrogens with one attached hydrogen (secondary N) is 1. The zero-order chi connectivity index (χ0) is 13.5. The summed E-state index contributed by atoms with van der Waals surface area (Å²) < 4.78 is 6.08. The smallest absolute Gasteiger partial charge is 0.0829 e. The Morgan fingerprint density at radius 1 is 1.06 bits per heavy atom. The Balaban J connectivity index is 4.66. The van der Waals surface area contributed by atoms with Crippen molar-refractivity contribution in [1.29, 1.82) is 0 Å². The monoisotopic (exact) mass is 243 g/mol. The standard InChI is InChI=1S/C15H33NO/c1-8-15(9-2,17-10-3)13(16-7)11-12-14(4,5)6/h13,16H,8-12H2,1-7H3. The van der Waals surface area contributed by atoms with Crippen LogP contribution in [-0.2, 0) is 4.74 Å². The van der Waals surface area contributed by atoms with Crippen molar-refractivity contribution in [3.05, 3.63) is 0 Å². The summed E-state index contributed by atoms with van der Waals surface area (Å²) in [6, 6.07) is 0.455. The lowest BCUT2D eigenvalue weighted by atomic mass is 9.81. The second-order valence-electron chi connectivity index (χ2n) is 6.15. The van der Waals surface area contributed by atoms with E-state index >= 15 is 0 Å². The molecule has 1 N–H and O–H groups in total. The highest BCUT2D eigenvalue weighted by atomic mass is 16.5. The number of rotatable bonds is 8. The van der Waals surface area contributed by atoms with E-state index < -0.39 is 0 Å². The van der Waals surface area contributed by atoms with E-state index in [0.29, 0.717) is 11.5 Å². The number of hydrogen-bond donors (Lipinski definition) is 1. The van der Waals surface area contributed by atoms with E-state index in [1.165, 1.54) is 12.8 Å². The molecule has 0 amide bonds. The van der Waals surface area contributed by atoms with Crippen LogP contribution in [0.15, 0.2) is 0 Å². The van der Waals surface area contributed by atoms with Gasteiger partial charge in [0.1, 0.15) is 0 Å². The van der Waals surface area contributed by atoms with Gasteiger partial charge in [0.25, 0.3) is 0 Å². The van der Waals surface area contributed by atoms with Crippen LogP contribution < -0.4 is 5.32 Å². The minimum atomic E-state index is 0.00868. The lowest BCUT2D eigenvalue weighted by Gasteiger charge is -2.40. The van der Waals surface area contributed by atoms with Crippen molar-refractivity contribution < 1.29 is 4.74 Å². The van der Waals surface area contributed by atoms with Crippen LogP contribution in [-0.4, -0.2) is 25.3 Å². The fourth-order valence-corrected chi connectivity index (χ4v) is 2.58. The molecule has 0 saturated carbocycles. The number of hydrogen-bond acceptors (Lipinski definition) is 2. The summed E-state index contributed by atoms with van der Waals surface area (Å²) in [4.78, 5) is 0. The van der Waals surface area contributed by atoms with Crippen LogP contribution in [0.1, 0.15) is 67.2 Å². The van der Waals surface area contributed by atoms with Crippen LogP contribution >= 0.6 is 0 Å². The fourth-order valence-electron chi connectivity index (χ4n) is 2.58. The van der Waals surface area contributed by atoms with Gasteiger partial charge in [0.05, 0.1) is 5.60 Å². The van der Waals surface area contributed by atoms with E-state index in [4.69, 9.17) is 4.74 Å². The molecule has 2 nitrogen and oxygen atoms in total. The molecule has 0 aromatic carbocycles. The van der Waals surface area contributed by atoms with Crippen molar-refractivity contribution >= 4 is 0 Å². The molecular formula is C15H33NO. The summed E-state index contributed by atoms with van der Waals surface area (Å²) in [7, 11) is 2.06. The number of ether oxygens (including phenoxy) is 1. The Bertz CT molecular complexity index is 192. The Morgan fingerprint density at radius 3 is 1.88 bits per heavy atom. The van der Waals surface area contributed by atoms with E-state index in [0.717, 1.165) is 19.4 Å². The molecule has 0 aromatic heterocycles. The molecule has 2 heteroatoms. The summed E-state index contributed by atoms with van der Waals surface area (Å²) >= 11 is 0. The molecule has 104 valence electrons. The molecule has 0 saturated heterocycles. The molecular weight excluding hydrogens is 210 g/mol. The SMILES string of the molecule is CCOC(CC)(CC)C(CCC(C)(C)C)NC. The second-order valence-corrected chi connectivity index (χ2v) is 6.15. The van der Waals surface area contributed by atoms with Crippen molar-refractivity contribution in [3.8, 4) is 0 Å². The van der Waals surface area contributed by atoms with Gasteiger partial charge in [-0.3, -0.25) is 0 Å². The van der Waals surface area contributed by atoms with Crippen molar-refractivity contribution in [3.63, 3.8) is 0 Å². The molecule has 0 heterocycles. The Labute approximate surface area is 109 Å². The summed E-state index contributed by atoms with van der Waals surface area (Å²) in [5, 5.41) is 3.48. The third-order valence-electron chi connectivity index (χ3n) is 3.80. The summed E-state index contributed by atoms with van der Waals surface area (Å²) in [6.07, 6.45) is 4.56. The minimum Gasteiger partial charge on any atom is -0.374 e. The molecule has 0 aromatic rings. The molecule has 0 aliphatic rings. The molecule has 0 aliphatic heterocycles. The minimum absolute atomic E-state index is 0.00868. The van der Waals surface area contributed by atoms with Crippen LogP contribution in [0.2, 0.25) is 0 Å². The average Bonchev–Trinajstić information content (AvgIpc) is 2.26. The molecule has 0 fully saturated rings. The van der Waals surface area contributed by atoms with Crippen molar-refractivity contribution in [1.82, 2.24) is 5.32 Å². The predicted octanol–water partition coefficient (Wildman–Crippen LogP) is 4.00. The highest BCUT2D eigenvalue weighted by Gasteiger charge is 2.35. The largest absolute Gasteiger partial charge is 0.374 e.